The summed E-state index contributed by atoms with van der Waals surface area (Å²) in [5.41, 5.74) is 0.997. The third-order valence-electron chi connectivity index (χ3n) is 8.76. The Bertz CT molecular complexity index is 682. The van der Waals surface area contributed by atoms with Crippen molar-refractivity contribution in [2.75, 3.05) is 6.61 Å². The summed E-state index contributed by atoms with van der Waals surface area (Å²) < 4.78 is 6.07. The number of ether oxygens (including phenoxy) is 1. The van der Waals surface area contributed by atoms with Crippen molar-refractivity contribution in [3.63, 3.8) is 0 Å². The van der Waals surface area contributed by atoms with Crippen LogP contribution in [0.1, 0.15) is 51.9 Å². The minimum Gasteiger partial charge on any atom is -0.396 e. The highest BCUT2D eigenvalue weighted by molar-refractivity contribution is 5.91. The number of rotatable bonds is 1. The quantitative estimate of drug-likeness (QED) is 0.707. The second-order valence-corrected chi connectivity index (χ2v) is 9.56. The van der Waals surface area contributed by atoms with Gasteiger partial charge in [-0.05, 0) is 74.3 Å². The van der Waals surface area contributed by atoms with Crippen molar-refractivity contribution in [2.45, 2.75) is 63.8 Å². The Kier molecular flexibility index (Phi) is 3.80. The van der Waals surface area contributed by atoms with Crippen LogP contribution in [-0.4, -0.2) is 34.5 Å². The molecule has 4 heteroatoms. The van der Waals surface area contributed by atoms with Gasteiger partial charge in [0.15, 0.2) is 12.1 Å². The zero-order valence-corrected chi connectivity index (χ0v) is 15.6. The predicted octanol–water partition coefficient (Wildman–Crippen LogP) is 2.99. The summed E-state index contributed by atoms with van der Waals surface area (Å²) in [5.74, 6) is 2.68. The van der Waals surface area contributed by atoms with Crippen LogP contribution in [0.2, 0.25) is 0 Å². The van der Waals surface area contributed by atoms with Crippen molar-refractivity contribution in [1.82, 2.24) is 0 Å². The summed E-state index contributed by atoms with van der Waals surface area (Å²) in [6.45, 7) is 2.52. The van der Waals surface area contributed by atoms with Crippen LogP contribution in [0.5, 0.6) is 0 Å². The van der Waals surface area contributed by atoms with Crippen molar-refractivity contribution in [3.05, 3.63) is 23.8 Å². The number of aliphatic hydroxyl groups is 2. The van der Waals surface area contributed by atoms with Gasteiger partial charge in [0.25, 0.3) is 0 Å². The molecule has 1 heterocycles. The van der Waals surface area contributed by atoms with E-state index in [1.54, 1.807) is 0 Å². The molecule has 26 heavy (non-hydrogen) atoms. The first-order valence-corrected chi connectivity index (χ1v) is 10.4. The van der Waals surface area contributed by atoms with Crippen LogP contribution in [0.3, 0.4) is 0 Å². The summed E-state index contributed by atoms with van der Waals surface area (Å²) in [5, 5.41) is 20.0. The van der Waals surface area contributed by atoms with Gasteiger partial charge in [-0.15, -0.1) is 0 Å². The van der Waals surface area contributed by atoms with Gasteiger partial charge in [0, 0.05) is 24.4 Å². The van der Waals surface area contributed by atoms with Crippen molar-refractivity contribution in [3.8, 4) is 0 Å². The number of ketones is 1. The maximum atomic E-state index is 12.0. The molecular weight excluding hydrogens is 328 g/mol. The van der Waals surface area contributed by atoms with Crippen LogP contribution in [0.4, 0.5) is 0 Å². The van der Waals surface area contributed by atoms with Crippen LogP contribution in [0.25, 0.3) is 0 Å². The average molecular weight is 358 g/mol. The zero-order valence-electron chi connectivity index (χ0n) is 15.6. The largest absolute Gasteiger partial charge is 0.396 e. The molecule has 1 aliphatic heterocycles. The summed E-state index contributed by atoms with van der Waals surface area (Å²) >= 11 is 0. The summed E-state index contributed by atoms with van der Waals surface area (Å²) in [7, 11) is 0. The normalized spacial score (nSPS) is 52.6. The molecule has 0 bridgehead atoms. The van der Waals surface area contributed by atoms with E-state index in [2.05, 4.69) is 13.0 Å². The lowest BCUT2D eigenvalue weighted by molar-refractivity contribution is -0.182. The maximum absolute atomic E-state index is 12.0. The highest BCUT2D eigenvalue weighted by Crippen LogP contribution is 2.67. The maximum Gasteiger partial charge on any atom is 0.175 e. The lowest BCUT2D eigenvalue weighted by Crippen LogP contribution is -2.53. The second-order valence-electron chi connectivity index (χ2n) is 9.56. The van der Waals surface area contributed by atoms with Gasteiger partial charge in [0.2, 0.25) is 0 Å². The molecule has 5 aliphatic rings. The Hall–Kier alpha value is -0.970. The summed E-state index contributed by atoms with van der Waals surface area (Å²) in [6.07, 6.45) is 12.1. The molecule has 2 N–H and O–H groups in total. The van der Waals surface area contributed by atoms with Gasteiger partial charge in [0.05, 0.1) is 5.60 Å². The second kappa shape index (κ2) is 5.76. The van der Waals surface area contributed by atoms with E-state index in [1.807, 2.05) is 12.2 Å². The standard InChI is InChI=1S/C22H30O4/c1-21-7-4-16-15-3-2-14(24)11-17(15)13(12-23)10-18(16)19(21)5-8-22(21)9-6-20(25)26-22/h6,9,11,13,15-16,18-20,23,25H,2-5,7-8,10,12H2,1H3/t13-,15+,16?,18?,19?,20?,21-,22+/m0/s1. The number of hydrogen-bond donors (Lipinski definition) is 2. The SMILES string of the molecule is C[C@]12CCC3C(C[C@@H](CO)C4=CC(=O)CC[C@@H]43)C1CC[C@@]21C=CC(O)O1. The summed E-state index contributed by atoms with van der Waals surface area (Å²) in [4.78, 5) is 12.0. The van der Waals surface area contributed by atoms with Crippen LogP contribution < -0.4 is 0 Å². The van der Waals surface area contributed by atoms with E-state index in [9.17, 15) is 15.0 Å². The van der Waals surface area contributed by atoms with E-state index >= 15 is 0 Å². The lowest BCUT2D eigenvalue weighted by Gasteiger charge is -2.57. The van der Waals surface area contributed by atoms with E-state index in [-0.39, 0.29) is 29.3 Å². The van der Waals surface area contributed by atoms with E-state index in [0.29, 0.717) is 30.1 Å². The molecule has 4 aliphatic carbocycles. The van der Waals surface area contributed by atoms with Crippen LogP contribution in [-0.2, 0) is 9.53 Å². The molecule has 0 radical (unpaired) electrons. The van der Waals surface area contributed by atoms with Crippen LogP contribution in [0, 0.1) is 35.0 Å². The number of carbonyl (C=O) groups is 1. The molecule has 1 spiro atoms. The number of hydrogen-bond acceptors (Lipinski definition) is 4. The monoisotopic (exact) mass is 358 g/mol. The van der Waals surface area contributed by atoms with Gasteiger partial charge in [-0.3, -0.25) is 4.79 Å². The van der Waals surface area contributed by atoms with Gasteiger partial charge >= 0.3 is 0 Å². The number of aliphatic hydroxyl groups excluding tert-OH is 2. The Morgan fingerprint density at radius 2 is 2.08 bits per heavy atom. The molecule has 8 atom stereocenters. The Labute approximate surface area is 155 Å². The fourth-order valence-electron chi connectivity index (χ4n) is 7.54. The molecule has 4 nitrogen and oxygen atoms in total. The molecule has 0 aromatic carbocycles. The fourth-order valence-corrected chi connectivity index (χ4v) is 7.54. The van der Waals surface area contributed by atoms with Crippen LogP contribution in [0.15, 0.2) is 23.8 Å². The first kappa shape index (κ1) is 17.2. The highest BCUT2D eigenvalue weighted by atomic mass is 16.6. The zero-order chi connectivity index (χ0) is 18.1. The van der Waals surface area contributed by atoms with Gasteiger partial charge < -0.3 is 14.9 Å². The van der Waals surface area contributed by atoms with Crippen molar-refractivity contribution in [2.24, 2.45) is 35.0 Å². The van der Waals surface area contributed by atoms with Crippen molar-refractivity contribution in [1.29, 1.82) is 0 Å². The topological polar surface area (TPSA) is 66.8 Å². The summed E-state index contributed by atoms with van der Waals surface area (Å²) in [6, 6.07) is 0. The van der Waals surface area contributed by atoms with Gasteiger partial charge in [-0.2, -0.15) is 0 Å². The van der Waals surface area contributed by atoms with Gasteiger partial charge in [0.1, 0.15) is 0 Å². The molecule has 0 amide bonds. The Morgan fingerprint density at radius 3 is 2.81 bits per heavy atom. The Balaban J connectivity index is 1.49. The first-order chi connectivity index (χ1) is 12.5. The van der Waals surface area contributed by atoms with E-state index in [1.165, 1.54) is 12.0 Å². The number of carbonyl (C=O) groups excluding carboxylic acids is 1. The molecule has 142 valence electrons. The first-order valence-electron chi connectivity index (χ1n) is 10.4. The number of fused-ring (bicyclic) bond motifs is 6. The minimum absolute atomic E-state index is 0.0633. The third-order valence-corrected chi connectivity index (χ3v) is 8.76. The molecule has 5 rings (SSSR count). The molecule has 3 saturated carbocycles. The van der Waals surface area contributed by atoms with Gasteiger partial charge in [-0.25, -0.2) is 0 Å². The van der Waals surface area contributed by atoms with Gasteiger partial charge in [-0.1, -0.05) is 18.6 Å². The molecule has 0 aromatic heterocycles. The molecular formula is C22H30O4. The van der Waals surface area contributed by atoms with E-state index < -0.39 is 6.29 Å². The smallest absolute Gasteiger partial charge is 0.175 e. The average Bonchev–Trinajstić information content (AvgIpc) is 3.15. The molecule has 0 saturated heterocycles. The fraction of sp³-hybridized carbons (Fsp3) is 0.773. The van der Waals surface area contributed by atoms with Crippen LogP contribution >= 0.6 is 0 Å². The highest BCUT2D eigenvalue weighted by Gasteiger charge is 2.64. The lowest BCUT2D eigenvalue weighted by atomic mass is 9.49. The molecule has 3 fully saturated rings. The predicted molar refractivity (Wildman–Crippen MR) is 97.0 cm³/mol. The van der Waals surface area contributed by atoms with E-state index in [0.717, 1.165) is 32.1 Å². The van der Waals surface area contributed by atoms with Crippen molar-refractivity contribution < 1.29 is 19.7 Å². The minimum atomic E-state index is -0.765. The van der Waals surface area contributed by atoms with Crippen molar-refractivity contribution >= 4 is 5.78 Å². The third kappa shape index (κ3) is 2.15. The molecule has 4 unspecified atom stereocenters. The van der Waals surface area contributed by atoms with E-state index in [4.69, 9.17) is 4.74 Å². The Morgan fingerprint density at radius 1 is 1.23 bits per heavy atom. The molecule has 0 aromatic rings.